The van der Waals surface area contributed by atoms with Crippen LogP contribution in [0.4, 0.5) is 0 Å². The Labute approximate surface area is 228 Å². The Morgan fingerprint density at radius 1 is 0.844 bits per heavy atom. The van der Waals surface area contributed by atoms with Gasteiger partial charge in [0.15, 0.2) is 0 Å². The van der Waals surface area contributed by atoms with Crippen molar-refractivity contribution in [3.05, 3.63) is 24.3 Å². The first-order chi connectivity index (χ1) is 14.2. The van der Waals surface area contributed by atoms with E-state index >= 15 is 0 Å². The first-order valence-electron chi connectivity index (χ1n) is 11.6. The minimum absolute atomic E-state index is 0. The van der Waals surface area contributed by atoms with Crippen molar-refractivity contribution in [1.82, 2.24) is 0 Å². The fourth-order valence-corrected chi connectivity index (χ4v) is 5.21. The number of rotatable bonds is 10. The third kappa shape index (κ3) is 8.11. The first kappa shape index (κ1) is 30.2. The molecule has 2 aliphatic rings. The van der Waals surface area contributed by atoms with Gasteiger partial charge in [0, 0.05) is 31.7 Å². The van der Waals surface area contributed by atoms with Gasteiger partial charge in [0.05, 0.1) is 39.3 Å². The summed E-state index contributed by atoms with van der Waals surface area (Å²) in [7, 11) is 4.46. The Balaban J connectivity index is 0.00000256. The van der Waals surface area contributed by atoms with E-state index in [4.69, 9.17) is 9.47 Å². The molecule has 0 radical (unpaired) electrons. The Kier molecular flexibility index (Phi) is 12.5. The minimum Gasteiger partial charge on any atom is -1.00 e. The van der Waals surface area contributed by atoms with Crippen LogP contribution in [0, 0.1) is 0 Å². The zero-order valence-corrected chi connectivity index (χ0v) is 24.4. The van der Waals surface area contributed by atoms with Crippen molar-refractivity contribution in [2.75, 3.05) is 53.5 Å². The Morgan fingerprint density at radius 3 is 1.59 bits per heavy atom. The second-order valence-corrected chi connectivity index (χ2v) is 10.2. The summed E-state index contributed by atoms with van der Waals surface area (Å²) in [6.45, 7) is 8.78. The van der Waals surface area contributed by atoms with Crippen LogP contribution in [0.2, 0.25) is 0 Å². The molecule has 2 N–H and O–H groups in total. The van der Waals surface area contributed by atoms with E-state index in [1.54, 1.807) is 0 Å². The molecule has 2 saturated heterocycles. The first-order valence-corrected chi connectivity index (χ1v) is 11.6. The molecule has 3 rings (SSSR count). The predicted octanol–water partition coefficient (Wildman–Crippen LogP) is -3.57. The molecule has 2 heterocycles. The normalized spacial score (nSPS) is 31.3. The lowest BCUT2D eigenvalue weighted by Crippen LogP contribution is -3.00. The number of nitrogens with zero attached hydrogens (tertiary/aromatic N) is 2. The average molecular weight is 676 g/mol. The predicted molar refractivity (Wildman–Crippen MR) is 119 cm³/mol. The molecule has 32 heavy (non-hydrogen) atoms. The number of hydrogen-bond donors (Lipinski definition) is 2. The maximum Gasteiger partial charge on any atom is 0.137 e. The molecule has 6 unspecified atom stereocenters. The number of likely N-dealkylation sites (N-methyl/N-ethyl adjacent to an activating group) is 2. The number of hydrogen-bond acceptors (Lipinski definition) is 4. The number of aliphatic hydroxyl groups is 2. The van der Waals surface area contributed by atoms with Crippen LogP contribution < -0.4 is 57.4 Å². The van der Waals surface area contributed by atoms with E-state index in [1.165, 1.54) is 25.7 Å². The van der Waals surface area contributed by atoms with Gasteiger partial charge in [-0.3, -0.25) is 0 Å². The van der Waals surface area contributed by atoms with E-state index in [2.05, 4.69) is 27.9 Å². The molecule has 8 heteroatoms. The highest BCUT2D eigenvalue weighted by molar-refractivity contribution is 5.33. The van der Waals surface area contributed by atoms with E-state index in [9.17, 15) is 10.2 Å². The van der Waals surface area contributed by atoms with Gasteiger partial charge >= 0.3 is 0 Å². The van der Waals surface area contributed by atoms with E-state index in [0.29, 0.717) is 23.6 Å². The fourth-order valence-electron chi connectivity index (χ4n) is 5.21. The Bertz CT molecular complexity index is 644. The third-order valence-electron chi connectivity index (χ3n) is 7.66. The number of aliphatic hydroxyl groups excluding tert-OH is 2. The van der Waals surface area contributed by atoms with Crippen LogP contribution in [0.1, 0.15) is 39.5 Å². The lowest BCUT2D eigenvalue weighted by Gasteiger charge is -2.36. The maximum atomic E-state index is 10.5. The minimum atomic E-state index is -0.492. The summed E-state index contributed by atoms with van der Waals surface area (Å²) in [6, 6.07) is 8.66. The van der Waals surface area contributed by atoms with E-state index in [1.807, 2.05) is 24.3 Å². The van der Waals surface area contributed by atoms with Crippen molar-refractivity contribution >= 4 is 0 Å². The van der Waals surface area contributed by atoms with Crippen LogP contribution >= 0.6 is 0 Å². The maximum absolute atomic E-state index is 10.5. The second kappa shape index (κ2) is 13.3. The summed E-state index contributed by atoms with van der Waals surface area (Å²) in [4.78, 5) is 0. The van der Waals surface area contributed by atoms with Crippen LogP contribution in [-0.2, 0) is 0 Å². The smallest absolute Gasteiger partial charge is 0.137 e. The SMILES string of the molecule is CC1CCC[N+]1(C)CC(O)COc1cccc(OCC(O)C[N+]2(C)CCCC2C)c1.[I-].[I-]. The van der Waals surface area contributed by atoms with Crippen molar-refractivity contribution < 1.29 is 76.6 Å². The highest BCUT2D eigenvalue weighted by atomic mass is 127. The highest BCUT2D eigenvalue weighted by Crippen LogP contribution is 2.26. The van der Waals surface area contributed by atoms with Gasteiger partial charge in [-0.25, -0.2) is 0 Å². The molecular weight excluding hydrogens is 634 g/mol. The van der Waals surface area contributed by atoms with Crippen LogP contribution in [0.15, 0.2) is 24.3 Å². The van der Waals surface area contributed by atoms with E-state index < -0.39 is 12.2 Å². The molecule has 186 valence electrons. The van der Waals surface area contributed by atoms with Crippen molar-refractivity contribution in [3.63, 3.8) is 0 Å². The molecule has 2 fully saturated rings. The molecule has 0 bridgehead atoms. The third-order valence-corrected chi connectivity index (χ3v) is 7.66. The summed E-state index contributed by atoms with van der Waals surface area (Å²) in [6.07, 6.45) is 3.93. The molecule has 0 aliphatic carbocycles. The monoisotopic (exact) mass is 676 g/mol. The zero-order chi connectivity index (χ0) is 21.8. The molecule has 0 aromatic heterocycles. The lowest BCUT2D eigenvalue weighted by atomic mass is 10.2. The van der Waals surface area contributed by atoms with Gasteiger partial charge in [-0.1, -0.05) is 6.07 Å². The van der Waals surface area contributed by atoms with Gasteiger partial charge in [-0.2, -0.15) is 0 Å². The average Bonchev–Trinajstić information content (AvgIpc) is 3.20. The molecule has 0 amide bonds. The Morgan fingerprint density at radius 2 is 1.25 bits per heavy atom. The van der Waals surface area contributed by atoms with E-state index in [-0.39, 0.29) is 61.2 Å². The van der Waals surface area contributed by atoms with Crippen LogP contribution in [0.3, 0.4) is 0 Å². The van der Waals surface area contributed by atoms with E-state index in [0.717, 1.165) is 35.1 Å². The molecule has 0 saturated carbocycles. The summed E-state index contributed by atoms with van der Waals surface area (Å²) in [5.41, 5.74) is 0. The molecule has 0 spiro atoms. The molecule has 1 aromatic carbocycles. The number of halogens is 2. The van der Waals surface area contributed by atoms with Crippen LogP contribution in [-0.4, -0.2) is 97.0 Å². The summed E-state index contributed by atoms with van der Waals surface area (Å²) >= 11 is 0. The lowest BCUT2D eigenvalue weighted by molar-refractivity contribution is -0.922. The number of likely N-dealkylation sites (tertiary alicyclic amines) is 2. The van der Waals surface area contributed by atoms with Gasteiger partial charge in [0.2, 0.25) is 0 Å². The second-order valence-electron chi connectivity index (χ2n) is 10.2. The number of ether oxygens (including phenoxy) is 2. The van der Waals surface area contributed by atoms with Crippen LogP contribution in [0.25, 0.3) is 0 Å². The van der Waals surface area contributed by atoms with Gasteiger partial charge in [0.25, 0.3) is 0 Å². The van der Waals surface area contributed by atoms with Crippen molar-refractivity contribution in [1.29, 1.82) is 0 Å². The van der Waals surface area contributed by atoms with Crippen molar-refractivity contribution in [3.8, 4) is 11.5 Å². The largest absolute Gasteiger partial charge is 1.00 e. The highest BCUT2D eigenvalue weighted by Gasteiger charge is 2.37. The summed E-state index contributed by atoms with van der Waals surface area (Å²) < 4.78 is 13.5. The molecular formula is C24H42I2N2O4. The zero-order valence-electron chi connectivity index (χ0n) is 20.1. The molecule has 6 nitrogen and oxygen atoms in total. The number of quaternary nitrogens is 2. The van der Waals surface area contributed by atoms with Gasteiger partial charge in [0.1, 0.15) is 50.0 Å². The summed E-state index contributed by atoms with van der Waals surface area (Å²) in [5, 5.41) is 20.9. The molecule has 1 aromatic rings. The van der Waals surface area contributed by atoms with Crippen molar-refractivity contribution in [2.24, 2.45) is 0 Å². The fraction of sp³-hybridized carbons (Fsp3) is 0.750. The Hall–Kier alpha value is 0.120. The van der Waals surface area contributed by atoms with Gasteiger partial charge < -0.3 is 76.6 Å². The standard InChI is InChI=1S/C24H42N2O4.2HI/c1-19-8-6-12-25(19,3)15-21(27)17-29-23-10-5-11-24(14-23)30-18-22(28)16-26(4)13-7-9-20(26)2;;/h5,10-11,14,19-22,27-28H,6-9,12-13,15-18H2,1-4H3;2*1H/q+2;;/p-2. The molecule has 6 atom stereocenters. The van der Waals surface area contributed by atoms with Crippen LogP contribution in [0.5, 0.6) is 11.5 Å². The van der Waals surface area contributed by atoms with Crippen molar-refractivity contribution in [2.45, 2.75) is 63.8 Å². The summed E-state index contributed by atoms with van der Waals surface area (Å²) in [5.74, 6) is 1.37. The van der Waals surface area contributed by atoms with Gasteiger partial charge in [-0.15, -0.1) is 0 Å². The quantitative estimate of drug-likeness (QED) is 0.199. The molecule has 2 aliphatic heterocycles. The number of benzene rings is 1. The topological polar surface area (TPSA) is 58.9 Å². The van der Waals surface area contributed by atoms with Gasteiger partial charge in [-0.05, 0) is 26.0 Å².